The molecule has 1 saturated carbocycles. The lowest BCUT2D eigenvalue weighted by atomic mass is 10.1. The van der Waals surface area contributed by atoms with Crippen LogP contribution in [0.1, 0.15) is 25.7 Å². The van der Waals surface area contributed by atoms with Crippen molar-refractivity contribution >= 4 is 54.5 Å². The number of aliphatic hydroxyl groups excluding tert-OH is 1. The van der Waals surface area contributed by atoms with Crippen LogP contribution in [0.15, 0.2) is 45.7 Å². The fourth-order valence-electron chi connectivity index (χ4n) is 3.52. The number of rotatable bonds is 10. The summed E-state index contributed by atoms with van der Waals surface area (Å²) in [5, 5.41) is 13.6. The van der Waals surface area contributed by atoms with Crippen LogP contribution in [0, 0.1) is 11.6 Å². The van der Waals surface area contributed by atoms with Crippen molar-refractivity contribution in [3.63, 3.8) is 0 Å². The molecule has 0 radical (unpaired) electrons. The SMILES string of the molecule is O=S(=O)(Nc1c(Nc2ccc(Br)cc2F)cc(F)cc1-c1cscn1)NC1(CCCO)CC1. The van der Waals surface area contributed by atoms with Crippen LogP contribution in [0.5, 0.6) is 0 Å². The largest absolute Gasteiger partial charge is 0.396 e. The Morgan fingerprint density at radius 2 is 1.97 bits per heavy atom. The van der Waals surface area contributed by atoms with E-state index in [1.165, 1.54) is 29.5 Å². The van der Waals surface area contributed by atoms with Crippen molar-refractivity contribution in [2.75, 3.05) is 16.6 Å². The van der Waals surface area contributed by atoms with Crippen LogP contribution in [0.25, 0.3) is 11.3 Å². The molecule has 176 valence electrons. The average Bonchev–Trinajstić information content (AvgIpc) is 3.27. The number of nitrogens with zero attached hydrogens (tertiary/aromatic N) is 1. The number of hydrogen-bond donors (Lipinski definition) is 4. The molecule has 1 aliphatic rings. The van der Waals surface area contributed by atoms with Crippen LogP contribution in [-0.4, -0.2) is 30.7 Å². The Kier molecular flexibility index (Phi) is 7.01. The zero-order chi connectivity index (χ0) is 23.6. The van der Waals surface area contributed by atoms with Crippen molar-refractivity contribution in [1.82, 2.24) is 9.71 Å². The van der Waals surface area contributed by atoms with Crippen LogP contribution in [0.2, 0.25) is 0 Å². The summed E-state index contributed by atoms with van der Waals surface area (Å²) in [5.41, 5.74) is 1.63. The highest BCUT2D eigenvalue weighted by Crippen LogP contribution is 2.42. The average molecular weight is 559 g/mol. The molecule has 1 aromatic heterocycles. The molecule has 1 heterocycles. The van der Waals surface area contributed by atoms with Gasteiger partial charge in [-0.25, -0.2) is 13.8 Å². The fraction of sp³-hybridized carbons (Fsp3) is 0.286. The number of hydrogen-bond acceptors (Lipinski definition) is 6. The molecule has 0 aliphatic heterocycles. The molecule has 0 amide bonds. The Morgan fingerprint density at radius 3 is 2.61 bits per heavy atom. The molecule has 4 N–H and O–H groups in total. The molecule has 33 heavy (non-hydrogen) atoms. The van der Waals surface area contributed by atoms with E-state index < -0.39 is 27.4 Å². The standard InChI is InChI=1S/C21H21BrF2N4O3S2/c22-13-2-3-17(16(24)8-13)26-18-10-14(23)9-15(19-11-32-12-25-19)20(18)27-33(30,31)28-21(5-6-21)4-1-7-29/h2-3,8-12,26-29H,1,4-7H2. The first-order valence-electron chi connectivity index (χ1n) is 10.1. The molecule has 1 aliphatic carbocycles. The topological polar surface area (TPSA) is 103 Å². The number of thiazole rings is 1. The highest BCUT2D eigenvalue weighted by Gasteiger charge is 2.45. The third kappa shape index (κ3) is 5.87. The van der Waals surface area contributed by atoms with Crippen LogP contribution in [0.4, 0.5) is 25.8 Å². The lowest BCUT2D eigenvalue weighted by Gasteiger charge is -2.21. The molecule has 0 saturated heterocycles. The molecule has 0 spiro atoms. The smallest absolute Gasteiger partial charge is 0.299 e. The second-order valence-electron chi connectivity index (χ2n) is 7.81. The lowest BCUT2D eigenvalue weighted by Crippen LogP contribution is -2.40. The van der Waals surface area contributed by atoms with Gasteiger partial charge in [-0.2, -0.15) is 13.1 Å². The quantitative estimate of drug-likeness (QED) is 0.275. The van der Waals surface area contributed by atoms with Gasteiger partial charge >= 0.3 is 0 Å². The highest BCUT2D eigenvalue weighted by molar-refractivity contribution is 9.10. The Balaban J connectivity index is 1.73. The Bertz CT molecular complexity index is 1250. The number of benzene rings is 2. The van der Waals surface area contributed by atoms with E-state index in [-0.39, 0.29) is 29.2 Å². The maximum atomic E-state index is 14.5. The zero-order valence-corrected chi connectivity index (χ0v) is 20.5. The third-order valence-corrected chi connectivity index (χ3v) is 7.52. The van der Waals surface area contributed by atoms with Crippen molar-refractivity contribution in [1.29, 1.82) is 0 Å². The molecule has 2 aromatic carbocycles. The minimum absolute atomic E-state index is 0.0321. The van der Waals surface area contributed by atoms with Gasteiger partial charge < -0.3 is 10.4 Å². The zero-order valence-electron chi connectivity index (χ0n) is 17.2. The van der Waals surface area contributed by atoms with Crippen LogP contribution in [0.3, 0.4) is 0 Å². The molecular formula is C21H21BrF2N4O3S2. The molecule has 1 fully saturated rings. The summed E-state index contributed by atoms with van der Waals surface area (Å²) in [6, 6.07) is 6.57. The van der Waals surface area contributed by atoms with E-state index in [4.69, 9.17) is 5.11 Å². The van der Waals surface area contributed by atoms with Crippen LogP contribution >= 0.6 is 27.3 Å². The molecule has 3 aromatic rings. The molecule has 0 atom stereocenters. The van der Waals surface area contributed by atoms with Gasteiger partial charge in [0, 0.05) is 27.6 Å². The van der Waals surface area contributed by atoms with E-state index in [9.17, 15) is 17.2 Å². The summed E-state index contributed by atoms with van der Waals surface area (Å²) in [5.74, 6) is -1.24. The summed E-state index contributed by atoms with van der Waals surface area (Å²) in [7, 11) is -4.09. The lowest BCUT2D eigenvalue weighted by molar-refractivity contribution is 0.275. The maximum Gasteiger partial charge on any atom is 0.299 e. The van der Waals surface area contributed by atoms with Gasteiger partial charge in [0.25, 0.3) is 10.2 Å². The molecule has 0 bridgehead atoms. The fourth-order valence-corrected chi connectivity index (χ4v) is 5.82. The Morgan fingerprint density at radius 1 is 1.18 bits per heavy atom. The van der Waals surface area contributed by atoms with E-state index in [2.05, 4.69) is 35.7 Å². The predicted octanol–water partition coefficient (Wildman–Crippen LogP) is 5.15. The van der Waals surface area contributed by atoms with Crippen LogP contribution in [-0.2, 0) is 10.2 Å². The van der Waals surface area contributed by atoms with Crippen LogP contribution < -0.4 is 14.8 Å². The van der Waals surface area contributed by atoms with Gasteiger partial charge in [0.05, 0.1) is 28.3 Å². The van der Waals surface area contributed by atoms with Gasteiger partial charge in [0.15, 0.2) is 0 Å². The van der Waals surface area contributed by atoms with Crippen molar-refractivity contribution in [2.45, 2.75) is 31.2 Å². The first kappa shape index (κ1) is 24.0. The summed E-state index contributed by atoms with van der Waals surface area (Å²) in [6.45, 7) is -0.0321. The number of aliphatic hydroxyl groups is 1. The van der Waals surface area contributed by atoms with Gasteiger partial charge in [0.2, 0.25) is 0 Å². The number of anilines is 3. The summed E-state index contributed by atoms with van der Waals surface area (Å²) in [6.07, 6.45) is 2.29. The van der Waals surface area contributed by atoms with Gasteiger partial charge in [0.1, 0.15) is 11.6 Å². The first-order chi connectivity index (χ1) is 15.7. The highest BCUT2D eigenvalue weighted by atomic mass is 79.9. The Hall–Kier alpha value is -2.12. The maximum absolute atomic E-state index is 14.5. The van der Waals surface area contributed by atoms with Crippen molar-refractivity contribution in [3.8, 4) is 11.3 Å². The van der Waals surface area contributed by atoms with Crippen molar-refractivity contribution in [3.05, 3.63) is 57.3 Å². The van der Waals surface area contributed by atoms with Gasteiger partial charge in [-0.15, -0.1) is 11.3 Å². The molecule has 4 rings (SSSR count). The van der Waals surface area contributed by atoms with Crippen molar-refractivity contribution < 1.29 is 22.3 Å². The molecular weight excluding hydrogens is 538 g/mol. The van der Waals surface area contributed by atoms with E-state index in [1.807, 2.05) is 0 Å². The van der Waals surface area contributed by atoms with Gasteiger partial charge in [-0.1, -0.05) is 15.9 Å². The third-order valence-electron chi connectivity index (χ3n) is 5.27. The Labute approximate surface area is 202 Å². The van der Waals surface area contributed by atoms with E-state index >= 15 is 0 Å². The minimum Gasteiger partial charge on any atom is -0.396 e. The second-order valence-corrected chi connectivity index (χ2v) is 10.9. The van der Waals surface area contributed by atoms with E-state index in [0.717, 1.165) is 6.07 Å². The summed E-state index contributed by atoms with van der Waals surface area (Å²) >= 11 is 4.46. The van der Waals surface area contributed by atoms with Gasteiger partial charge in [-0.3, -0.25) is 4.72 Å². The predicted molar refractivity (Wildman–Crippen MR) is 129 cm³/mol. The number of halogens is 3. The monoisotopic (exact) mass is 558 g/mol. The number of aromatic nitrogens is 1. The normalized spacial score (nSPS) is 14.8. The number of nitrogens with one attached hydrogen (secondary N) is 3. The summed E-state index contributed by atoms with van der Waals surface area (Å²) < 4.78 is 60.7. The first-order valence-corrected chi connectivity index (χ1v) is 13.3. The molecule has 7 nitrogen and oxygen atoms in total. The molecule has 0 unspecified atom stereocenters. The minimum atomic E-state index is -4.09. The van der Waals surface area contributed by atoms with Gasteiger partial charge in [-0.05, 0) is 56.0 Å². The summed E-state index contributed by atoms with van der Waals surface area (Å²) in [4.78, 5) is 4.18. The molecule has 12 heteroatoms. The van der Waals surface area contributed by atoms with Crippen molar-refractivity contribution in [2.24, 2.45) is 0 Å². The van der Waals surface area contributed by atoms with E-state index in [0.29, 0.717) is 35.8 Å². The second kappa shape index (κ2) is 9.63. The van der Waals surface area contributed by atoms with E-state index in [1.54, 1.807) is 17.0 Å².